The summed E-state index contributed by atoms with van der Waals surface area (Å²) < 4.78 is 24.6. The smallest absolute Gasteiger partial charge is 0.247 e. The molecule has 4 aromatic rings. The van der Waals surface area contributed by atoms with Gasteiger partial charge in [-0.2, -0.15) is 4.80 Å². The second-order valence-corrected chi connectivity index (χ2v) is 10.1. The van der Waals surface area contributed by atoms with Gasteiger partial charge in [-0.25, -0.2) is 4.39 Å². The van der Waals surface area contributed by atoms with Crippen LogP contribution in [0.3, 0.4) is 0 Å². The summed E-state index contributed by atoms with van der Waals surface area (Å²) in [5, 5.41) is 15.2. The second-order valence-electron chi connectivity index (χ2n) is 10.1. The molecule has 0 aliphatic rings. The van der Waals surface area contributed by atoms with Gasteiger partial charge in [-0.1, -0.05) is 24.3 Å². The van der Waals surface area contributed by atoms with E-state index in [1.807, 2.05) is 32.9 Å². The Hall–Kier alpha value is -4.54. The number of hydrogen-bond acceptors (Lipinski definition) is 7. The third kappa shape index (κ3) is 7.07. The fourth-order valence-electron chi connectivity index (χ4n) is 3.98. The van der Waals surface area contributed by atoms with E-state index in [2.05, 4.69) is 20.7 Å². The number of carbonyl (C=O) groups is 2. The number of hydrogen-bond donors (Lipinski definition) is 1. The number of ether oxygens (including phenoxy) is 1. The Morgan fingerprint density at radius 3 is 2.36 bits per heavy atom. The van der Waals surface area contributed by atoms with Crippen LogP contribution in [-0.4, -0.2) is 49.6 Å². The molecule has 11 heteroatoms. The number of nitrogens with one attached hydrogen (secondary N) is 1. The summed E-state index contributed by atoms with van der Waals surface area (Å²) in [6, 6.07) is 15.1. The minimum atomic E-state index is -1.06. The lowest BCUT2D eigenvalue weighted by molar-refractivity contribution is -0.143. The molecular formula is C28H31FN6O4. The molecule has 0 saturated heterocycles. The molecule has 0 saturated carbocycles. The largest absolute Gasteiger partial charge is 0.497 e. The van der Waals surface area contributed by atoms with Gasteiger partial charge < -0.3 is 19.4 Å². The number of rotatable bonds is 9. The number of nitrogens with zero attached hydrogens (tertiary/aromatic N) is 5. The van der Waals surface area contributed by atoms with E-state index in [0.717, 1.165) is 10.4 Å². The maximum atomic E-state index is 13.8. The van der Waals surface area contributed by atoms with Crippen molar-refractivity contribution in [3.05, 3.63) is 83.4 Å². The van der Waals surface area contributed by atoms with Gasteiger partial charge in [-0.15, -0.1) is 10.2 Å². The van der Waals surface area contributed by atoms with Crippen LogP contribution in [0.25, 0.3) is 11.6 Å². The molecule has 2 aromatic carbocycles. The molecule has 1 atom stereocenters. The van der Waals surface area contributed by atoms with Gasteiger partial charge in [-0.05, 0) is 80.4 Å². The second kappa shape index (κ2) is 11.5. The van der Waals surface area contributed by atoms with Gasteiger partial charge >= 0.3 is 0 Å². The number of furan rings is 1. The number of aryl methyl sites for hydroxylation is 1. The molecular weight excluding hydrogens is 503 g/mol. The zero-order valence-corrected chi connectivity index (χ0v) is 22.5. The van der Waals surface area contributed by atoms with Crippen molar-refractivity contribution in [2.24, 2.45) is 0 Å². The summed E-state index contributed by atoms with van der Waals surface area (Å²) in [5.41, 5.74) is 0.643. The molecule has 0 aliphatic heterocycles. The van der Waals surface area contributed by atoms with Crippen molar-refractivity contribution < 1.29 is 23.1 Å². The number of carbonyl (C=O) groups excluding carboxylic acids is 2. The normalized spacial score (nSPS) is 12.2. The number of tetrazole rings is 1. The van der Waals surface area contributed by atoms with E-state index < -0.39 is 29.2 Å². The number of benzene rings is 2. The van der Waals surface area contributed by atoms with Gasteiger partial charge in [0.1, 0.15) is 29.9 Å². The van der Waals surface area contributed by atoms with Crippen molar-refractivity contribution in [1.29, 1.82) is 0 Å². The third-order valence-corrected chi connectivity index (χ3v) is 5.77. The Balaban J connectivity index is 1.70. The minimum Gasteiger partial charge on any atom is -0.497 e. The van der Waals surface area contributed by atoms with Crippen LogP contribution in [0.2, 0.25) is 0 Å². The SMILES string of the molecule is COc1ccc(CN(C(=O)Cn2nnc(-c3ccc(C)o3)n2)[C@H](C(=O)NC(C)(C)C)c2ccc(F)cc2)cc1. The Morgan fingerprint density at radius 1 is 1.08 bits per heavy atom. The van der Waals surface area contributed by atoms with Crippen LogP contribution in [0.4, 0.5) is 4.39 Å². The highest BCUT2D eigenvalue weighted by Crippen LogP contribution is 2.26. The van der Waals surface area contributed by atoms with Crippen molar-refractivity contribution in [2.45, 2.75) is 52.4 Å². The van der Waals surface area contributed by atoms with Crippen LogP contribution < -0.4 is 10.1 Å². The van der Waals surface area contributed by atoms with Crippen LogP contribution in [0.1, 0.15) is 43.7 Å². The van der Waals surface area contributed by atoms with Crippen molar-refractivity contribution in [3.8, 4) is 17.3 Å². The van der Waals surface area contributed by atoms with Crippen LogP contribution in [-0.2, 0) is 22.7 Å². The van der Waals surface area contributed by atoms with E-state index in [-0.39, 0.29) is 18.9 Å². The first-order valence-corrected chi connectivity index (χ1v) is 12.4. The number of amides is 2. The van der Waals surface area contributed by atoms with E-state index in [1.165, 1.54) is 29.2 Å². The first-order chi connectivity index (χ1) is 18.5. The van der Waals surface area contributed by atoms with Crippen LogP contribution >= 0.6 is 0 Å². The Morgan fingerprint density at radius 2 is 1.77 bits per heavy atom. The van der Waals surface area contributed by atoms with Gasteiger partial charge in [0.25, 0.3) is 0 Å². The van der Waals surface area contributed by atoms with Crippen LogP contribution in [0.15, 0.2) is 65.1 Å². The van der Waals surface area contributed by atoms with Gasteiger partial charge in [0.15, 0.2) is 5.76 Å². The predicted molar refractivity (Wildman–Crippen MR) is 141 cm³/mol. The van der Waals surface area contributed by atoms with E-state index in [4.69, 9.17) is 9.15 Å². The third-order valence-electron chi connectivity index (χ3n) is 5.77. The maximum Gasteiger partial charge on any atom is 0.247 e. The monoisotopic (exact) mass is 534 g/mol. The molecule has 4 rings (SSSR count). The fourth-order valence-corrected chi connectivity index (χ4v) is 3.98. The van der Waals surface area contributed by atoms with Gasteiger partial charge in [-0.3, -0.25) is 9.59 Å². The molecule has 0 aliphatic carbocycles. The highest BCUT2D eigenvalue weighted by atomic mass is 19.1. The average Bonchev–Trinajstić information content (AvgIpc) is 3.53. The maximum absolute atomic E-state index is 13.8. The molecule has 0 radical (unpaired) electrons. The Bertz CT molecular complexity index is 1420. The first-order valence-electron chi connectivity index (χ1n) is 12.4. The molecule has 2 amide bonds. The summed E-state index contributed by atoms with van der Waals surface area (Å²) in [6.45, 7) is 7.13. The summed E-state index contributed by atoms with van der Waals surface area (Å²) in [4.78, 5) is 30.1. The average molecular weight is 535 g/mol. The topological polar surface area (TPSA) is 115 Å². The summed E-state index contributed by atoms with van der Waals surface area (Å²) >= 11 is 0. The summed E-state index contributed by atoms with van der Waals surface area (Å²) in [5.74, 6) is 0.709. The number of methoxy groups -OCH3 is 1. The molecule has 0 spiro atoms. The van der Waals surface area contributed by atoms with E-state index in [0.29, 0.717) is 22.8 Å². The van der Waals surface area contributed by atoms with Crippen LogP contribution in [0.5, 0.6) is 5.75 Å². The van der Waals surface area contributed by atoms with E-state index in [1.54, 1.807) is 38.3 Å². The van der Waals surface area contributed by atoms with Gasteiger partial charge in [0.05, 0.1) is 7.11 Å². The summed E-state index contributed by atoms with van der Waals surface area (Å²) in [6.07, 6.45) is 0. The lowest BCUT2D eigenvalue weighted by Gasteiger charge is -2.33. The van der Waals surface area contributed by atoms with Crippen LogP contribution in [0, 0.1) is 12.7 Å². The molecule has 39 heavy (non-hydrogen) atoms. The molecule has 10 nitrogen and oxygen atoms in total. The standard InChI is InChI=1S/C28H31FN6O4/c1-18-6-15-23(39-18)26-31-33-35(32-26)17-24(36)34(16-19-7-13-22(38-5)14-8-19)25(27(37)30-28(2,3)4)20-9-11-21(29)12-10-20/h6-15,25H,16-17H2,1-5H3,(H,30,37)/t25-/m0/s1. The molecule has 0 unspecified atom stereocenters. The van der Waals surface area contributed by atoms with Crippen molar-refractivity contribution in [1.82, 2.24) is 30.4 Å². The number of aromatic nitrogens is 4. The first kappa shape index (κ1) is 27.5. The molecule has 0 bridgehead atoms. The highest BCUT2D eigenvalue weighted by molar-refractivity contribution is 5.89. The Labute approximate surface area is 225 Å². The van der Waals surface area contributed by atoms with Gasteiger partial charge in [0.2, 0.25) is 17.6 Å². The predicted octanol–water partition coefficient (Wildman–Crippen LogP) is 4.07. The molecule has 1 N–H and O–H groups in total. The highest BCUT2D eigenvalue weighted by Gasteiger charge is 2.34. The molecule has 204 valence electrons. The Kier molecular flexibility index (Phi) is 8.08. The van der Waals surface area contributed by atoms with Crippen molar-refractivity contribution >= 4 is 11.8 Å². The minimum absolute atomic E-state index is 0.0847. The molecule has 0 fully saturated rings. The zero-order chi connectivity index (χ0) is 28.2. The number of halogens is 1. The summed E-state index contributed by atoms with van der Waals surface area (Å²) in [7, 11) is 1.57. The van der Waals surface area contributed by atoms with E-state index in [9.17, 15) is 14.0 Å². The van der Waals surface area contributed by atoms with Crippen molar-refractivity contribution in [2.75, 3.05) is 7.11 Å². The lowest BCUT2D eigenvalue weighted by atomic mass is 10.0. The molecule has 2 aromatic heterocycles. The quantitative estimate of drug-likeness (QED) is 0.344. The van der Waals surface area contributed by atoms with Crippen molar-refractivity contribution in [3.63, 3.8) is 0 Å². The van der Waals surface area contributed by atoms with Gasteiger partial charge in [0, 0.05) is 12.1 Å². The van der Waals surface area contributed by atoms with E-state index >= 15 is 0 Å². The molecule has 2 heterocycles. The zero-order valence-electron chi connectivity index (χ0n) is 22.5. The lowest BCUT2D eigenvalue weighted by Crippen LogP contribution is -2.49. The fraction of sp³-hybridized carbons (Fsp3) is 0.321.